The molecule has 1 aromatic rings. The topological polar surface area (TPSA) is 63.7 Å². The Labute approximate surface area is 122 Å². The van der Waals surface area contributed by atoms with Gasteiger partial charge >= 0.3 is 6.61 Å². The molecule has 1 aromatic carbocycles. The van der Waals surface area contributed by atoms with Crippen molar-refractivity contribution in [3.63, 3.8) is 0 Å². The van der Waals surface area contributed by atoms with Gasteiger partial charge in [-0.15, -0.1) is 0 Å². The molecule has 1 amide bonds. The van der Waals surface area contributed by atoms with E-state index in [0.717, 1.165) is 6.26 Å². The molecule has 0 radical (unpaired) electrons. The van der Waals surface area contributed by atoms with Gasteiger partial charge in [0.2, 0.25) is 5.91 Å². The monoisotopic (exact) mass is 321 g/mol. The molecule has 118 valence electrons. The fourth-order valence-corrected chi connectivity index (χ4v) is 2.17. The number of hydrogen-bond acceptors (Lipinski definition) is 4. The molecule has 0 aliphatic rings. The molecule has 5 nitrogen and oxygen atoms in total. The Morgan fingerprint density at radius 1 is 1.29 bits per heavy atom. The predicted octanol–water partition coefficient (Wildman–Crippen LogP) is 1.68. The van der Waals surface area contributed by atoms with Crippen LogP contribution >= 0.6 is 0 Å². The van der Waals surface area contributed by atoms with Crippen molar-refractivity contribution in [2.24, 2.45) is 0 Å². The molecular formula is C13H17F2NO4S. The molecule has 0 saturated carbocycles. The van der Waals surface area contributed by atoms with Crippen molar-refractivity contribution < 1.29 is 26.7 Å². The Morgan fingerprint density at radius 3 is 2.24 bits per heavy atom. The summed E-state index contributed by atoms with van der Waals surface area (Å²) >= 11 is 0. The van der Waals surface area contributed by atoms with E-state index in [2.05, 4.69) is 4.74 Å². The number of nitrogens with zero attached hydrogens (tertiary/aromatic N) is 1. The fourth-order valence-electron chi connectivity index (χ4n) is 1.62. The van der Waals surface area contributed by atoms with Gasteiger partial charge in [-0.05, 0) is 24.6 Å². The van der Waals surface area contributed by atoms with Gasteiger partial charge in [-0.2, -0.15) is 8.78 Å². The van der Waals surface area contributed by atoms with Crippen molar-refractivity contribution in [2.75, 3.05) is 13.3 Å². The summed E-state index contributed by atoms with van der Waals surface area (Å²) in [5.74, 6) is -0.502. The van der Waals surface area contributed by atoms with E-state index in [0.29, 0.717) is 5.56 Å². The summed E-state index contributed by atoms with van der Waals surface area (Å²) in [6.45, 7) is -1.39. The maximum absolute atomic E-state index is 12.0. The molecule has 21 heavy (non-hydrogen) atoms. The second-order valence-corrected chi connectivity index (χ2v) is 7.05. The third-order valence-electron chi connectivity index (χ3n) is 2.93. The van der Waals surface area contributed by atoms with Gasteiger partial charge < -0.3 is 9.64 Å². The Bertz CT molecular complexity index is 587. The highest BCUT2D eigenvalue weighted by molar-refractivity contribution is 7.92. The minimum atomic E-state index is -3.45. The van der Waals surface area contributed by atoms with Gasteiger partial charge in [-0.3, -0.25) is 4.79 Å². The minimum absolute atomic E-state index is 0.0206. The quantitative estimate of drug-likeness (QED) is 0.800. The summed E-state index contributed by atoms with van der Waals surface area (Å²) in [5, 5.41) is -1.12. The van der Waals surface area contributed by atoms with Crippen LogP contribution in [0.3, 0.4) is 0 Å². The predicted molar refractivity (Wildman–Crippen MR) is 73.9 cm³/mol. The van der Waals surface area contributed by atoms with Crippen molar-refractivity contribution in [1.29, 1.82) is 0 Å². The highest BCUT2D eigenvalue weighted by Gasteiger charge is 2.26. The number of sulfone groups is 1. The molecule has 0 aliphatic heterocycles. The highest BCUT2D eigenvalue weighted by atomic mass is 32.2. The number of alkyl halides is 2. The van der Waals surface area contributed by atoms with Crippen LogP contribution in [-0.4, -0.2) is 44.4 Å². The number of amides is 1. The normalized spacial score (nSPS) is 13.0. The number of hydrogen-bond donors (Lipinski definition) is 0. The molecule has 0 saturated heterocycles. The van der Waals surface area contributed by atoms with Crippen LogP contribution in [0.1, 0.15) is 12.5 Å². The van der Waals surface area contributed by atoms with Crippen LogP contribution in [0.4, 0.5) is 8.78 Å². The average molecular weight is 321 g/mol. The van der Waals surface area contributed by atoms with Crippen LogP contribution in [0.5, 0.6) is 5.75 Å². The molecule has 0 N–H and O–H groups in total. The Hall–Kier alpha value is -1.70. The molecule has 1 rings (SSSR count). The van der Waals surface area contributed by atoms with Gasteiger partial charge in [-0.25, -0.2) is 8.42 Å². The fraction of sp³-hybridized carbons (Fsp3) is 0.462. The number of benzene rings is 1. The van der Waals surface area contributed by atoms with Crippen LogP contribution < -0.4 is 4.74 Å². The molecule has 0 spiro atoms. The zero-order valence-corrected chi connectivity index (χ0v) is 12.7. The minimum Gasteiger partial charge on any atom is -0.435 e. The maximum atomic E-state index is 12.0. The van der Waals surface area contributed by atoms with Crippen LogP contribution in [-0.2, 0) is 21.2 Å². The summed E-state index contributed by atoms with van der Waals surface area (Å²) in [7, 11) is -1.97. The molecule has 8 heteroatoms. The Balaban J connectivity index is 2.70. The molecule has 0 aromatic heterocycles. The number of rotatable bonds is 6. The first-order valence-electron chi connectivity index (χ1n) is 6.09. The van der Waals surface area contributed by atoms with E-state index in [9.17, 15) is 22.0 Å². The summed E-state index contributed by atoms with van der Waals surface area (Å²) in [6, 6.07) is 5.79. The summed E-state index contributed by atoms with van der Waals surface area (Å²) < 4.78 is 50.9. The van der Waals surface area contributed by atoms with Crippen molar-refractivity contribution >= 4 is 15.7 Å². The molecular weight excluding hydrogens is 304 g/mol. The largest absolute Gasteiger partial charge is 0.435 e. The number of ether oxygens (including phenoxy) is 1. The van der Waals surface area contributed by atoms with Crippen LogP contribution in [0, 0.1) is 0 Å². The lowest BCUT2D eigenvalue weighted by Crippen LogP contribution is -2.38. The Kier molecular flexibility index (Phi) is 5.65. The zero-order chi connectivity index (χ0) is 16.2. The van der Waals surface area contributed by atoms with E-state index in [1.54, 1.807) is 0 Å². The van der Waals surface area contributed by atoms with Gasteiger partial charge in [0.05, 0.1) is 0 Å². The van der Waals surface area contributed by atoms with Gasteiger partial charge in [-0.1, -0.05) is 12.1 Å². The first-order valence-corrected chi connectivity index (χ1v) is 8.04. The summed E-state index contributed by atoms with van der Waals surface area (Å²) in [5.41, 5.74) is 0.674. The van der Waals surface area contributed by atoms with E-state index < -0.39 is 27.6 Å². The van der Waals surface area contributed by atoms with E-state index >= 15 is 0 Å². The van der Waals surface area contributed by atoms with E-state index in [4.69, 9.17) is 0 Å². The van der Waals surface area contributed by atoms with Crippen molar-refractivity contribution in [3.8, 4) is 5.75 Å². The van der Waals surface area contributed by atoms with Crippen LogP contribution in [0.15, 0.2) is 24.3 Å². The smallest absolute Gasteiger partial charge is 0.387 e. The first kappa shape index (κ1) is 17.4. The lowest BCUT2D eigenvalue weighted by Gasteiger charge is -2.20. The SMILES string of the molecule is C[C@@H](C(=O)N(C)Cc1ccc(OC(F)F)cc1)S(C)(=O)=O. The number of carbonyl (C=O) groups excluding carboxylic acids is 1. The van der Waals surface area contributed by atoms with Crippen molar-refractivity contribution in [2.45, 2.75) is 25.3 Å². The number of halogens is 2. The zero-order valence-electron chi connectivity index (χ0n) is 11.9. The summed E-state index contributed by atoms with van der Waals surface area (Å²) in [6.07, 6.45) is 1.000. The van der Waals surface area contributed by atoms with Gasteiger partial charge in [0.1, 0.15) is 11.0 Å². The third-order valence-corrected chi connectivity index (χ3v) is 4.42. The molecule has 0 aliphatic carbocycles. The lowest BCUT2D eigenvalue weighted by molar-refractivity contribution is -0.129. The second-order valence-electron chi connectivity index (χ2n) is 4.69. The van der Waals surface area contributed by atoms with Crippen LogP contribution in [0.2, 0.25) is 0 Å². The second kappa shape index (κ2) is 6.84. The van der Waals surface area contributed by atoms with E-state index in [1.165, 1.54) is 43.1 Å². The van der Waals surface area contributed by atoms with E-state index in [-0.39, 0.29) is 12.3 Å². The number of carbonyl (C=O) groups is 1. The average Bonchev–Trinajstić information content (AvgIpc) is 2.37. The molecule has 0 heterocycles. The van der Waals surface area contributed by atoms with Crippen molar-refractivity contribution in [1.82, 2.24) is 4.90 Å². The molecule has 0 fully saturated rings. The summed E-state index contributed by atoms with van der Waals surface area (Å²) in [4.78, 5) is 13.2. The van der Waals surface area contributed by atoms with Crippen molar-refractivity contribution in [3.05, 3.63) is 29.8 Å². The highest BCUT2D eigenvalue weighted by Crippen LogP contribution is 2.16. The molecule has 1 atom stereocenters. The van der Waals surface area contributed by atoms with Crippen LogP contribution in [0.25, 0.3) is 0 Å². The standard InChI is InChI=1S/C13H17F2NO4S/c1-9(21(3,18)19)12(17)16(2)8-10-4-6-11(7-5-10)20-13(14)15/h4-7,9,13H,8H2,1-3H3/t9-/m0/s1. The van der Waals surface area contributed by atoms with Gasteiger partial charge in [0.25, 0.3) is 0 Å². The lowest BCUT2D eigenvalue weighted by atomic mass is 10.2. The van der Waals surface area contributed by atoms with Gasteiger partial charge in [0.15, 0.2) is 9.84 Å². The molecule has 0 unspecified atom stereocenters. The van der Waals surface area contributed by atoms with Gasteiger partial charge in [0, 0.05) is 19.8 Å². The first-order chi connectivity index (χ1) is 9.61. The maximum Gasteiger partial charge on any atom is 0.387 e. The third kappa shape index (κ3) is 5.30. The van der Waals surface area contributed by atoms with E-state index in [1.807, 2.05) is 0 Å². The Morgan fingerprint density at radius 2 is 1.81 bits per heavy atom. The molecule has 0 bridgehead atoms.